The van der Waals surface area contributed by atoms with E-state index in [4.69, 9.17) is 10.1 Å². The van der Waals surface area contributed by atoms with Crippen LogP contribution >= 0.6 is 0 Å². The highest BCUT2D eigenvalue weighted by molar-refractivity contribution is 7.91. The number of aryl methyl sites for hydroxylation is 1. The molecule has 1 amide bonds. The van der Waals surface area contributed by atoms with Gasteiger partial charge in [-0.05, 0) is 50.3 Å². The normalized spacial score (nSPS) is 22.2. The maximum atomic E-state index is 13.8. The van der Waals surface area contributed by atoms with Crippen molar-refractivity contribution in [3.05, 3.63) is 52.8 Å². The number of hydrogen-bond acceptors (Lipinski definition) is 5. The first-order valence-corrected chi connectivity index (χ1v) is 12.7. The third kappa shape index (κ3) is 3.07. The summed E-state index contributed by atoms with van der Waals surface area (Å²) in [6, 6.07) is 9.77. The van der Waals surface area contributed by atoms with Crippen molar-refractivity contribution >= 4 is 32.5 Å². The number of pyridine rings is 1. The van der Waals surface area contributed by atoms with Gasteiger partial charge in [-0.2, -0.15) is 5.10 Å². The van der Waals surface area contributed by atoms with E-state index in [1.54, 1.807) is 4.68 Å². The second kappa shape index (κ2) is 6.63. The highest BCUT2D eigenvalue weighted by Gasteiger charge is 2.35. The first kappa shape index (κ1) is 19.0. The number of amides is 1. The van der Waals surface area contributed by atoms with E-state index in [0.717, 1.165) is 41.7 Å². The topological polar surface area (TPSA) is 85.2 Å². The van der Waals surface area contributed by atoms with Crippen molar-refractivity contribution in [3.63, 3.8) is 0 Å². The number of nitrogens with zero attached hydrogens (tertiary/aromatic N) is 4. The van der Waals surface area contributed by atoms with Crippen molar-refractivity contribution in [2.24, 2.45) is 0 Å². The predicted octanol–water partition coefficient (Wildman–Crippen LogP) is 3.18. The Labute approximate surface area is 181 Å². The molecule has 2 aromatic heterocycles. The Morgan fingerprint density at radius 3 is 2.71 bits per heavy atom. The molecule has 160 valence electrons. The Kier molecular flexibility index (Phi) is 4.06. The lowest BCUT2D eigenvalue weighted by atomic mass is 10.1. The number of carbonyl (C=O) groups excluding carboxylic acids is 1. The molecule has 1 atom stereocenters. The molecule has 1 saturated carbocycles. The summed E-state index contributed by atoms with van der Waals surface area (Å²) in [6.07, 6.45) is 3.54. The van der Waals surface area contributed by atoms with Gasteiger partial charge >= 0.3 is 0 Å². The minimum absolute atomic E-state index is 0.0269. The van der Waals surface area contributed by atoms with Gasteiger partial charge in [0.25, 0.3) is 5.91 Å². The minimum Gasteiger partial charge on any atom is -0.308 e. The third-order valence-corrected chi connectivity index (χ3v) is 8.52. The van der Waals surface area contributed by atoms with E-state index in [9.17, 15) is 13.2 Å². The molecule has 31 heavy (non-hydrogen) atoms. The first-order valence-electron chi connectivity index (χ1n) is 10.9. The minimum atomic E-state index is -3.05. The number of fused-ring (bicyclic) bond motifs is 2. The van der Waals surface area contributed by atoms with Gasteiger partial charge in [-0.3, -0.25) is 4.79 Å². The lowest BCUT2D eigenvalue weighted by Gasteiger charge is -2.19. The maximum absolute atomic E-state index is 13.8. The van der Waals surface area contributed by atoms with Crippen molar-refractivity contribution in [2.75, 3.05) is 23.0 Å². The Hall–Kier alpha value is -2.74. The molecule has 1 unspecified atom stereocenters. The molecular formula is C23H24N4O3S. The van der Waals surface area contributed by atoms with Gasteiger partial charge in [-0.25, -0.2) is 18.1 Å². The van der Waals surface area contributed by atoms with Crippen LogP contribution in [0.4, 0.5) is 5.69 Å². The Morgan fingerprint density at radius 1 is 1.16 bits per heavy atom. The van der Waals surface area contributed by atoms with E-state index in [2.05, 4.69) is 6.07 Å². The van der Waals surface area contributed by atoms with Crippen LogP contribution in [0.25, 0.3) is 11.0 Å². The van der Waals surface area contributed by atoms with Gasteiger partial charge in [0.1, 0.15) is 0 Å². The zero-order valence-electron chi connectivity index (χ0n) is 17.4. The van der Waals surface area contributed by atoms with E-state index in [1.165, 1.54) is 5.56 Å². The van der Waals surface area contributed by atoms with Crippen molar-refractivity contribution in [1.82, 2.24) is 14.8 Å². The summed E-state index contributed by atoms with van der Waals surface area (Å²) >= 11 is 0. The largest absolute Gasteiger partial charge is 0.308 e. The van der Waals surface area contributed by atoms with Crippen molar-refractivity contribution in [2.45, 2.75) is 44.6 Å². The molecule has 8 heteroatoms. The molecule has 0 N–H and O–H groups in total. The summed E-state index contributed by atoms with van der Waals surface area (Å²) in [5.74, 6) is 0.608. The summed E-state index contributed by atoms with van der Waals surface area (Å²) in [5.41, 5.74) is 5.09. The fraction of sp³-hybridized carbons (Fsp3) is 0.435. The van der Waals surface area contributed by atoms with Crippen LogP contribution in [0.15, 0.2) is 30.3 Å². The molecule has 7 nitrogen and oxygen atoms in total. The lowest BCUT2D eigenvalue weighted by Crippen LogP contribution is -2.29. The van der Waals surface area contributed by atoms with E-state index >= 15 is 0 Å². The van der Waals surface area contributed by atoms with Crippen LogP contribution in [0.2, 0.25) is 0 Å². The van der Waals surface area contributed by atoms with Crippen molar-refractivity contribution in [3.8, 4) is 0 Å². The van der Waals surface area contributed by atoms with Gasteiger partial charge in [0, 0.05) is 23.8 Å². The molecule has 4 heterocycles. The van der Waals surface area contributed by atoms with Gasteiger partial charge in [0.05, 0.1) is 34.2 Å². The average Bonchev–Trinajstić information content (AvgIpc) is 3.30. The van der Waals surface area contributed by atoms with E-state index < -0.39 is 9.84 Å². The number of rotatable bonds is 3. The average molecular weight is 437 g/mol. The zero-order valence-corrected chi connectivity index (χ0v) is 18.2. The number of sulfone groups is 1. The number of anilines is 1. The highest BCUT2D eigenvalue weighted by Crippen LogP contribution is 2.41. The molecule has 1 aliphatic carbocycles. The molecule has 6 rings (SSSR count). The Balaban J connectivity index is 1.51. The Bertz CT molecular complexity index is 1340. The molecule has 3 aromatic rings. The molecular weight excluding hydrogens is 412 g/mol. The molecule has 3 aliphatic rings. The van der Waals surface area contributed by atoms with Crippen LogP contribution < -0.4 is 4.90 Å². The van der Waals surface area contributed by atoms with Crippen molar-refractivity contribution in [1.29, 1.82) is 0 Å². The Morgan fingerprint density at radius 2 is 1.97 bits per heavy atom. The smallest absolute Gasteiger partial charge is 0.259 e. The number of hydrogen-bond donors (Lipinski definition) is 0. The SMILES string of the molecule is Cc1nn(C2CCS(=O)(=O)C2)c2nc(C3CC3)cc(C(=O)N3CCc4ccccc43)c12. The number of para-hydroxylation sites is 1. The van der Waals surface area contributed by atoms with E-state index in [0.29, 0.717) is 30.1 Å². The van der Waals surface area contributed by atoms with Crippen LogP contribution in [0.5, 0.6) is 0 Å². The molecule has 1 saturated heterocycles. The third-order valence-electron chi connectivity index (χ3n) is 6.77. The van der Waals surface area contributed by atoms with Gasteiger partial charge in [0.15, 0.2) is 15.5 Å². The van der Waals surface area contributed by atoms with Crippen molar-refractivity contribution < 1.29 is 13.2 Å². The predicted molar refractivity (Wildman–Crippen MR) is 118 cm³/mol. The van der Waals surface area contributed by atoms with E-state index in [-0.39, 0.29) is 23.5 Å². The van der Waals surface area contributed by atoms with Gasteiger partial charge in [0.2, 0.25) is 0 Å². The summed E-state index contributed by atoms with van der Waals surface area (Å²) < 4.78 is 25.9. The molecule has 2 aliphatic heterocycles. The van der Waals surface area contributed by atoms with Gasteiger partial charge in [-0.1, -0.05) is 18.2 Å². The van der Waals surface area contributed by atoms with Crippen LogP contribution in [0.1, 0.15) is 58.5 Å². The summed E-state index contributed by atoms with van der Waals surface area (Å²) in [4.78, 5) is 20.5. The summed E-state index contributed by atoms with van der Waals surface area (Å²) in [6.45, 7) is 2.55. The van der Waals surface area contributed by atoms with Crippen LogP contribution in [0.3, 0.4) is 0 Å². The fourth-order valence-corrected chi connectivity index (χ4v) is 6.70. The summed E-state index contributed by atoms with van der Waals surface area (Å²) in [7, 11) is -3.05. The first-order chi connectivity index (χ1) is 14.9. The molecule has 0 radical (unpaired) electrons. The fourth-order valence-electron chi connectivity index (χ4n) is 5.01. The number of benzene rings is 1. The number of aromatic nitrogens is 3. The molecule has 0 bridgehead atoms. The van der Waals surface area contributed by atoms with Gasteiger partial charge in [-0.15, -0.1) is 0 Å². The monoisotopic (exact) mass is 436 g/mol. The van der Waals surface area contributed by atoms with Crippen LogP contribution in [-0.4, -0.2) is 47.1 Å². The van der Waals surface area contributed by atoms with Gasteiger partial charge < -0.3 is 4.90 Å². The molecule has 2 fully saturated rings. The van der Waals surface area contributed by atoms with Crippen LogP contribution in [0, 0.1) is 6.92 Å². The molecule has 0 spiro atoms. The quantitative estimate of drug-likeness (QED) is 0.630. The second-order valence-corrected chi connectivity index (χ2v) is 11.2. The number of carbonyl (C=O) groups is 1. The highest BCUT2D eigenvalue weighted by atomic mass is 32.2. The maximum Gasteiger partial charge on any atom is 0.259 e. The standard InChI is InChI=1S/C23H24N4O3S/c1-14-21-18(23(28)26-10-8-16-4-2-3-5-20(16)26)12-19(15-6-7-15)24-22(21)27(25-14)17-9-11-31(29,30)13-17/h2-5,12,15,17H,6-11,13H2,1H3. The second-order valence-electron chi connectivity index (χ2n) is 8.99. The summed E-state index contributed by atoms with van der Waals surface area (Å²) in [5, 5.41) is 5.44. The zero-order chi connectivity index (χ0) is 21.3. The molecule has 1 aromatic carbocycles. The van der Waals surface area contributed by atoms with Crippen LogP contribution in [-0.2, 0) is 16.3 Å². The lowest BCUT2D eigenvalue weighted by molar-refractivity contribution is 0.0990. The van der Waals surface area contributed by atoms with E-state index in [1.807, 2.05) is 36.1 Å².